The van der Waals surface area contributed by atoms with Crippen molar-refractivity contribution in [3.63, 3.8) is 0 Å². The van der Waals surface area contributed by atoms with Crippen molar-refractivity contribution in [3.05, 3.63) is 64.9 Å². The number of hydrogen-bond donors (Lipinski definition) is 0. The highest BCUT2D eigenvalue weighted by Crippen LogP contribution is 2.34. The number of carbonyl (C=O) groups is 1. The summed E-state index contributed by atoms with van der Waals surface area (Å²) in [6, 6.07) is 14.7. The first-order valence-electron chi connectivity index (χ1n) is 10.7. The Hall–Kier alpha value is -3.10. The molecular weight excluding hydrogens is 460 g/mol. The van der Waals surface area contributed by atoms with Gasteiger partial charge in [0, 0.05) is 17.3 Å². The van der Waals surface area contributed by atoms with Crippen molar-refractivity contribution in [2.24, 2.45) is 0 Å². The molecule has 7 nitrogen and oxygen atoms in total. The largest absolute Gasteiger partial charge is 0.492 e. The van der Waals surface area contributed by atoms with E-state index in [4.69, 9.17) is 26.1 Å². The number of amides is 1. The molecule has 4 rings (SSSR count). The van der Waals surface area contributed by atoms with Crippen LogP contribution in [0.1, 0.15) is 18.3 Å². The summed E-state index contributed by atoms with van der Waals surface area (Å²) in [5.41, 5.74) is 2.74. The Bertz CT molecular complexity index is 1250. The van der Waals surface area contributed by atoms with E-state index in [9.17, 15) is 4.79 Å². The number of aryl methyl sites for hydroxylation is 2. The van der Waals surface area contributed by atoms with Gasteiger partial charge in [-0.1, -0.05) is 29.0 Å². The number of fused-ring (bicyclic) bond motifs is 1. The summed E-state index contributed by atoms with van der Waals surface area (Å²) >= 11 is 7.39. The van der Waals surface area contributed by atoms with Gasteiger partial charge in [-0.3, -0.25) is 14.4 Å². The molecule has 0 spiro atoms. The van der Waals surface area contributed by atoms with E-state index in [2.05, 4.69) is 5.10 Å². The molecule has 0 aliphatic carbocycles. The molecule has 9 heteroatoms. The molecule has 33 heavy (non-hydrogen) atoms. The third kappa shape index (κ3) is 5.46. The average Bonchev–Trinajstić information content (AvgIpc) is 3.36. The zero-order valence-electron chi connectivity index (χ0n) is 18.7. The molecule has 0 N–H and O–H groups in total. The standard InChI is InChI=1S/C24H25ClN4O3S/c1-4-31-20-6-5-7-21-23(20)26-24(33-21)28(12-13-29-17(3)14-16(2)27-29)22(30)15-32-19-10-8-18(25)9-11-19/h5-11,14H,4,12-13,15H2,1-3H3. The van der Waals surface area contributed by atoms with E-state index in [1.807, 2.05) is 49.7 Å². The molecule has 0 saturated heterocycles. The van der Waals surface area contributed by atoms with Crippen LogP contribution >= 0.6 is 22.9 Å². The van der Waals surface area contributed by atoms with E-state index in [0.29, 0.717) is 41.3 Å². The van der Waals surface area contributed by atoms with Gasteiger partial charge in [0.25, 0.3) is 5.91 Å². The molecule has 0 saturated carbocycles. The molecule has 0 unspecified atom stereocenters. The van der Waals surface area contributed by atoms with Crippen molar-refractivity contribution >= 4 is 44.2 Å². The summed E-state index contributed by atoms with van der Waals surface area (Å²) < 4.78 is 14.3. The molecule has 1 amide bonds. The zero-order valence-corrected chi connectivity index (χ0v) is 20.3. The Labute approximate surface area is 201 Å². The molecule has 4 aromatic rings. The lowest BCUT2D eigenvalue weighted by Gasteiger charge is -2.20. The number of thiazole rings is 1. The molecule has 0 aliphatic heterocycles. The molecule has 0 fully saturated rings. The van der Waals surface area contributed by atoms with Crippen LogP contribution in [0.5, 0.6) is 11.5 Å². The van der Waals surface area contributed by atoms with Crippen molar-refractivity contribution in [3.8, 4) is 11.5 Å². The highest BCUT2D eigenvalue weighted by atomic mass is 35.5. The summed E-state index contributed by atoms with van der Waals surface area (Å²) in [6.45, 7) is 7.27. The van der Waals surface area contributed by atoms with Gasteiger partial charge in [-0.15, -0.1) is 0 Å². The third-order valence-corrected chi connectivity index (χ3v) is 6.31. The van der Waals surface area contributed by atoms with Crippen molar-refractivity contribution in [1.29, 1.82) is 0 Å². The Balaban J connectivity index is 1.59. The van der Waals surface area contributed by atoms with Gasteiger partial charge in [0.2, 0.25) is 0 Å². The van der Waals surface area contributed by atoms with Crippen molar-refractivity contribution in [2.45, 2.75) is 27.3 Å². The number of ether oxygens (including phenoxy) is 2. The van der Waals surface area contributed by atoms with Crippen LogP contribution in [0.2, 0.25) is 5.02 Å². The minimum Gasteiger partial charge on any atom is -0.492 e. The van der Waals surface area contributed by atoms with E-state index in [1.54, 1.807) is 29.2 Å². The van der Waals surface area contributed by atoms with E-state index in [0.717, 1.165) is 21.6 Å². The number of carbonyl (C=O) groups excluding carboxylic acids is 1. The van der Waals surface area contributed by atoms with Gasteiger partial charge in [-0.25, -0.2) is 4.98 Å². The Morgan fingerprint density at radius 1 is 1.15 bits per heavy atom. The normalized spacial score (nSPS) is 11.0. The topological polar surface area (TPSA) is 69.5 Å². The number of aromatic nitrogens is 3. The fraction of sp³-hybridized carbons (Fsp3) is 0.292. The van der Waals surface area contributed by atoms with Crippen LogP contribution in [-0.4, -0.2) is 40.4 Å². The molecule has 0 aliphatic rings. The van der Waals surface area contributed by atoms with Gasteiger partial charge in [-0.05, 0) is 63.2 Å². The van der Waals surface area contributed by atoms with Crippen LogP contribution in [0.15, 0.2) is 48.5 Å². The van der Waals surface area contributed by atoms with Crippen LogP contribution in [0, 0.1) is 13.8 Å². The van der Waals surface area contributed by atoms with Crippen LogP contribution in [0.25, 0.3) is 10.2 Å². The van der Waals surface area contributed by atoms with Crippen molar-refractivity contribution in [1.82, 2.24) is 14.8 Å². The predicted octanol–water partition coefficient (Wildman–Crippen LogP) is 5.27. The van der Waals surface area contributed by atoms with Gasteiger partial charge < -0.3 is 9.47 Å². The lowest BCUT2D eigenvalue weighted by atomic mass is 10.3. The highest BCUT2D eigenvalue weighted by molar-refractivity contribution is 7.22. The minimum atomic E-state index is -0.191. The fourth-order valence-electron chi connectivity index (χ4n) is 3.48. The first-order valence-corrected chi connectivity index (χ1v) is 11.9. The lowest BCUT2D eigenvalue weighted by Crippen LogP contribution is -2.37. The minimum absolute atomic E-state index is 0.118. The molecule has 0 atom stereocenters. The number of rotatable bonds is 9. The van der Waals surface area contributed by atoms with Gasteiger partial charge in [0.15, 0.2) is 11.7 Å². The van der Waals surface area contributed by atoms with E-state index in [-0.39, 0.29) is 12.5 Å². The van der Waals surface area contributed by atoms with Crippen LogP contribution in [0.3, 0.4) is 0 Å². The second-order valence-electron chi connectivity index (χ2n) is 7.47. The van der Waals surface area contributed by atoms with Gasteiger partial charge in [0.1, 0.15) is 17.0 Å². The molecule has 172 valence electrons. The monoisotopic (exact) mass is 484 g/mol. The number of para-hydroxylation sites is 1. The molecule has 2 heterocycles. The molecule has 2 aromatic carbocycles. The zero-order chi connectivity index (χ0) is 23.4. The number of halogens is 1. The molecule has 0 bridgehead atoms. The first kappa shape index (κ1) is 23.1. The maximum Gasteiger partial charge on any atom is 0.266 e. The average molecular weight is 485 g/mol. The number of anilines is 1. The number of nitrogens with zero attached hydrogens (tertiary/aromatic N) is 4. The summed E-state index contributed by atoms with van der Waals surface area (Å²) in [5, 5.41) is 5.73. The van der Waals surface area contributed by atoms with Crippen LogP contribution in [0.4, 0.5) is 5.13 Å². The molecular formula is C24H25ClN4O3S. The van der Waals surface area contributed by atoms with Gasteiger partial charge in [0.05, 0.1) is 23.5 Å². The number of benzene rings is 2. The predicted molar refractivity (Wildman–Crippen MR) is 132 cm³/mol. The van der Waals surface area contributed by atoms with Gasteiger partial charge in [-0.2, -0.15) is 5.10 Å². The quantitative estimate of drug-likeness (QED) is 0.323. The maximum absolute atomic E-state index is 13.3. The molecule has 0 radical (unpaired) electrons. The Morgan fingerprint density at radius 2 is 1.94 bits per heavy atom. The fourth-order valence-corrected chi connectivity index (χ4v) is 4.63. The third-order valence-electron chi connectivity index (χ3n) is 5.02. The van der Waals surface area contributed by atoms with E-state index >= 15 is 0 Å². The Kier molecular flexibility index (Phi) is 7.15. The lowest BCUT2D eigenvalue weighted by molar-refractivity contribution is -0.120. The smallest absolute Gasteiger partial charge is 0.266 e. The van der Waals surface area contributed by atoms with Crippen molar-refractivity contribution < 1.29 is 14.3 Å². The Morgan fingerprint density at radius 3 is 2.64 bits per heavy atom. The van der Waals surface area contributed by atoms with E-state index in [1.165, 1.54) is 11.3 Å². The van der Waals surface area contributed by atoms with Crippen LogP contribution in [-0.2, 0) is 11.3 Å². The maximum atomic E-state index is 13.3. The second kappa shape index (κ2) is 10.2. The summed E-state index contributed by atoms with van der Waals surface area (Å²) in [6.07, 6.45) is 0. The summed E-state index contributed by atoms with van der Waals surface area (Å²) in [4.78, 5) is 19.7. The summed E-state index contributed by atoms with van der Waals surface area (Å²) in [7, 11) is 0. The second-order valence-corrected chi connectivity index (χ2v) is 8.92. The van der Waals surface area contributed by atoms with Crippen molar-refractivity contribution in [2.75, 3.05) is 24.7 Å². The molecule has 2 aromatic heterocycles. The van der Waals surface area contributed by atoms with E-state index < -0.39 is 0 Å². The first-order chi connectivity index (χ1) is 15.9. The highest BCUT2D eigenvalue weighted by Gasteiger charge is 2.22. The SMILES string of the molecule is CCOc1cccc2sc(N(CCn3nc(C)cc3C)C(=O)COc3ccc(Cl)cc3)nc12. The van der Waals surface area contributed by atoms with Crippen LogP contribution < -0.4 is 14.4 Å². The number of hydrogen-bond acceptors (Lipinski definition) is 6. The van der Waals surface area contributed by atoms with Gasteiger partial charge >= 0.3 is 0 Å². The summed E-state index contributed by atoms with van der Waals surface area (Å²) in [5.74, 6) is 1.10.